The molecule has 0 bridgehead atoms. The molecule has 9 heteroatoms. The van der Waals surface area contributed by atoms with Crippen LogP contribution in [-0.2, 0) is 14.3 Å². The number of ether oxygens (including phenoxy) is 2. The number of furan rings is 1. The molecule has 2 heterocycles. The summed E-state index contributed by atoms with van der Waals surface area (Å²) < 4.78 is 14.9. The number of amides is 1. The van der Waals surface area contributed by atoms with Gasteiger partial charge in [-0.05, 0) is 39.3 Å². The summed E-state index contributed by atoms with van der Waals surface area (Å²) in [4.78, 5) is 48.3. The molecular formula is C18H19NO7S. The molecule has 0 fully saturated rings. The molecule has 0 aliphatic carbocycles. The zero-order valence-corrected chi connectivity index (χ0v) is 16.2. The fourth-order valence-corrected chi connectivity index (χ4v) is 3.46. The predicted octanol–water partition coefficient (Wildman–Crippen LogP) is 3.13. The summed E-state index contributed by atoms with van der Waals surface area (Å²) in [5.41, 5.74) is 0.783. The normalized spacial score (nSPS) is 10.4. The molecule has 0 saturated carbocycles. The number of carbonyl (C=O) groups excluding carboxylic acids is 4. The first-order valence-electron chi connectivity index (χ1n) is 8.08. The summed E-state index contributed by atoms with van der Waals surface area (Å²) in [6.45, 7) is 5.82. The van der Waals surface area contributed by atoms with Crippen molar-refractivity contribution in [1.29, 1.82) is 0 Å². The van der Waals surface area contributed by atoms with Gasteiger partial charge >= 0.3 is 11.9 Å². The van der Waals surface area contributed by atoms with Crippen LogP contribution in [0.25, 0.3) is 0 Å². The Hall–Kier alpha value is -2.94. The van der Waals surface area contributed by atoms with E-state index in [2.05, 4.69) is 5.32 Å². The molecule has 0 radical (unpaired) electrons. The highest BCUT2D eigenvalue weighted by molar-refractivity contribution is 7.18. The lowest BCUT2D eigenvalue weighted by atomic mass is 10.1. The topological polar surface area (TPSA) is 112 Å². The summed E-state index contributed by atoms with van der Waals surface area (Å²) in [5.74, 6) is -1.84. The van der Waals surface area contributed by atoms with Gasteiger partial charge in [0.25, 0.3) is 5.91 Å². The number of hydrogen-bond donors (Lipinski definition) is 1. The van der Waals surface area contributed by atoms with Crippen LogP contribution in [0.15, 0.2) is 16.7 Å². The molecule has 2 aromatic rings. The van der Waals surface area contributed by atoms with Crippen LogP contribution in [0.1, 0.15) is 55.6 Å². The lowest BCUT2D eigenvalue weighted by Gasteiger charge is -2.07. The second-order valence-electron chi connectivity index (χ2n) is 5.55. The second-order valence-corrected chi connectivity index (χ2v) is 6.57. The Morgan fingerprint density at radius 3 is 2.41 bits per heavy atom. The van der Waals surface area contributed by atoms with Gasteiger partial charge in [-0.3, -0.25) is 9.59 Å². The SMILES string of the molecule is CCOC(=O)c1c(NC(=O)COC(=O)c2ccoc2C)sc(C(C)=O)c1C. The van der Waals surface area contributed by atoms with E-state index < -0.39 is 24.5 Å². The van der Waals surface area contributed by atoms with Crippen molar-refractivity contribution in [3.05, 3.63) is 39.7 Å². The summed E-state index contributed by atoms with van der Waals surface area (Å²) >= 11 is 0.973. The van der Waals surface area contributed by atoms with Crippen LogP contribution in [0, 0.1) is 13.8 Å². The first kappa shape index (κ1) is 20.4. The van der Waals surface area contributed by atoms with Gasteiger partial charge in [0, 0.05) is 0 Å². The molecule has 0 saturated heterocycles. The number of rotatable bonds is 7. The van der Waals surface area contributed by atoms with Gasteiger partial charge in [0.2, 0.25) is 0 Å². The van der Waals surface area contributed by atoms with Crippen LogP contribution in [0.3, 0.4) is 0 Å². The number of nitrogens with one attached hydrogen (secondary N) is 1. The Morgan fingerprint density at radius 1 is 1.15 bits per heavy atom. The van der Waals surface area contributed by atoms with Crippen molar-refractivity contribution in [2.75, 3.05) is 18.5 Å². The van der Waals surface area contributed by atoms with Crippen molar-refractivity contribution in [2.24, 2.45) is 0 Å². The zero-order chi connectivity index (χ0) is 20.1. The van der Waals surface area contributed by atoms with Crippen molar-refractivity contribution in [3.63, 3.8) is 0 Å². The minimum atomic E-state index is -0.700. The smallest absolute Gasteiger partial charge is 0.342 e. The molecule has 0 aliphatic heterocycles. The molecule has 8 nitrogen and oxygen atoms in total. The van der Waals surface area contributed by atoms with Crippen molar-refractivity contribution in [2.45, 2.75) is 27.7 Å². The quantitative estimate of drug-likeness (QED) is 0.568. The Labute approximate surface area is 159 Å². The van der Waals surface area contributed by atoms with Gasteiger partial charge in [0.15, 0.2) is 12.4 Å². The molecule has 2 rings (SSSR count). The van der Waals surface area contributed by atoms with Gasteiger partial charge in [0.05, 0.1) is 23.3 Å². The lowest BCUT2D eigenvalue weighted by Crippen LogP contribution is -2.21. The van der Waals surface area contributed by atoms with Crippen LogP contribution in [-0.4, -0.2) is 36.8 Å². The van der Waals surface area contributed by atoms with Crippen LogP contribution in [0.5, 0.6) is 0 Å². The fraction of sp³-hybridized carbons (Fsp3) is 0.333. The van der Waals surface area contributed by atoms with E-state index in [1.807, 2.05) is 0 Å². The lowest BCUT2D eigenvalue weighted by molar-refractivity contribution is -0.119. The Balaban J connectivity index is 2.13. The largest absolute Gasteiger partial charge is 0.469 e. The Morgan fingerprint density at radius 2 is 1.85 bits per heavy atom. The van der Waals surface area contributed by atoms with Crippen molar-refractivity contribution in [3.8, 4) is 0 Å². The van der Waals surface area contributed by atoms with E-state index in [0.29, 0.717) is 16.2 Å². The minimum absolute atomic E-state index is 0.123. The fourth-order valence-electron chi connectivity index (χ4n) is 2.35. The third-order valence-corrected chi connectivity index (χ3v) is 4.92. The van der Waals surface area contributed by atoms with Crippen LogP contribution in [0.2, 0.25) is 0 Å². The molecule has 1 N–H and O–H groups in total. The van der Waals surface area contributed by atoms with Crippen molar-refractivity contribution in [1.82, 2.24) is 0 Å². The molecule has 144 valence electrons. The van der Waals surface area contributed by atoms with Gasteiger partial charge in [0.1, 0.15) is 16.3 Å². The molecule has 0 spiro atoms. The van der Waals surface area contributed by atoms with E-state index in [1.54, 1.807) is 20.8 Å². The van der Waals surface area contributed by atoms with E-state index >= 15 is 0 Å². The van der Waals surface area contributed by atoms with Gasteiger partial charge in [-0.2, -0.15) is 0 Å². The number of ketones is 1. The molecular weight excluding hydrogens is 374 g/mol. The average Bonchev–Trinajstić information content (AvgIpc) is 3.16. The third kappa shape index (κ3) is 4.62. The highest BCUT2D eigenvalue weighted by Gasteiger charge is 2.25. The molecule has 0 aliphatic rings. The number of aryl methyl sites for hydroxylation is 1. The summed E-state index contributed by atoms with van der Waals surface area (Å²) in [6, 6.07) is 1.44. The molecule has 0 aromatic carbocycles. The minimum Gasteiger partial charge on any atom is -0.469 e. The van der Waals surface area contributed by atoms with Crippen LogP contribution < -0.4 is 5.32 Å². The monoisotopic (exact) mass is 393 g/mol. The highest BCUT2D eigenvalue weighted by Crippen LogP contribution is 2.34. The van der Waals surface area contributed by atoms with Gasteiger partial charge in [-0.1, -0.05) is 0 Å². The number of carbonyl (C=O) groups is 4. The number of anilines is 1. The number of esters is 2. The number of Topliss-reactive ketones (excluding diaryl/α,β-unsaturated/α-hetero) is 1. The molecule has 27 heavy (non-hydrogen) atoms. The predicted molar refractivity (Wildman–Crippen MR) is 97.4 cm³/mol. The van der Waals surface area contributed by atoms with Gasteiger partial charge in [-0.15, -0.1) is 11.3 Å². The van der Waals surface area contributed by atoms with Gasteiger partial charge in [-0.25, -0.2) is 9.59 Å². The average molecular weight is 393 g/mol. The molecule has 1 amide bonds. The van der Waals surface area contributed by atoms with E-state index in [1.165, 1.54) is 19.3 Å². The molecule has 2 aromatic heterocycles. The standard InChI is InChI=1S/C18H19NO7S/c1-5-24-18(23)14-9(2)15(10(3)20)27-16(14)19-13(21)8-26-17(22)12-6-7-25-11(12)4/h6-7H,5,8H2,1-4H3,(H,19,21). The second kappa shape index (κ2) is 8.63. The van der Waals surface area contributed by atoms with E-state index in [9.17, 15) is 19.2 Å². The van der Waals surface area contributed by atoms with Crippen molar-refractivity contribution >= 4 is 40.0 Å². The van der Waals surface area contributed by atoms with E-state index in [-0.39, 0.29) is 28.5 Å². The zero-order valence-electron chi connectivity index (χ0n) is 15.3. The Kier molecular flexibility index (Phi) is 6.51. The summed E-state index contributed by atoms with van der Waals surface area (Å²) in [6.07, 6.45) is 1.34. The maximum absolute atomic E-state index is 12.2. The van der Waals surface area contributed by atoms with Gasteiger partial charge < -0.3 is 19.2 Å². The van der Waals surface area contributed by atoms with Crippen molar-refractivity contribution < 1.29 is 33.1 Å². The summed E-state index contributed by atoms with van der Waals surface area (Å²) in [7, 11) is 0. The molecule has 0 unspecified atom stereocenters. The maximum atomic E-state index is 12.2. The maximum Gasteiger partial charge on any atom is 0.342 e. The Bertz CT molecular complexity index is 894. The van der Waals surface area contributed by atoms with E-state index in [4.69, 9.17) is 13.9 Å². The van der Waals surface area contributed by atoms with Crippen LogP contribution >= 0.6 is 11.3 Å². The number of hydrogen-bond acceptors (Lipinski definition) is 8. The summed E-state index contributed by atoms with van der Waals surface area (Å²) in [5, 5.41) is 2.68. The first-order valence-corrected chi connectivity index (χ1v) is 8.90. The van der Waals surface area contributed by atoms with Crippen LogP contribution in [0.4, 0.5) is 5.00 Å². The third-order valence-electron chi connectivity index (χ3n) is 3.61. The van der Waals surface area contributed by atoms with E-state index in [0.717, 1.165) is 11.3 Å². The first-order chi connectivity index (χ1) is 12.8. The molecule has 0 atom stereocenters. The number of thiophene rings is 1. The highest BCUT2D eigenvalue weighted by atomic mass is 32.1.